The highest BCUT2D eigenvalue weighted by Gasteiger charge is 2.15. The predicted molar refractivity (Wildman–Crippen MR) is 78.3 cm³/mol. The minimum Gasteiger partial charge on any atom is -0.0654 e. The van der Waals surface area contributed by atoms with Crippen molar-refractivity contribution in [1.82, 2.24) is 0 Å². The zero-order valence-corrected chi connectivity index (χ0v) is 12.3. The molecule has 0 spiro atoms. The van der Waals surface area contributed by atoms with E-state index >= 15 is 0 Å². The van der Waals surface area contributed by atoms with E-state index in [1.807, 2.05) is 0 Å². The van der Waals surface area contributed by atoms with Gasteiger partial charge in [0.1, 0.15) is 0 Å². The summed E-state index contributed by atoms with van der Waals surface area (Å²) in [6, 6.07) is 0. The Labute approximate surface area is 110 Å². The molecule has 0 amide bonds. The maximum absolute atomic E-state index is 2.40. The van der Waals surface area contributed by atoms with Crippen LogP contribution in [0.2, 0.25) is 0 Å². The Kier molecular flexibility index (Phi) is 8.83. The van der Waals surface area contributed by atoms with Crippen LogP contribution in [0.15, 0.2) is 0 Å². The molecule has 1 fully saturated rings. The van der Waals surface area contributed by atoms with E-state index in [-0.39, 0.29) is 0 Å². The van der Waals surface area contributed by atoms with Crippen molar-refractivity contribution >= 4 is 0 Å². The molecule has 0 aromatic rings. The molecule has 1 rings (SSSR count). The third-order valence-corrected chi connectivity index (χ3v) is 4.68. The summed E-state index contributed by atoms with van der Waals surface area (Å²) in [5, 5.41) is 0. The van der Waals surface area contributed by atoms with Crippen molar-refractivity contribution in [2.45, 2.75) is 97.3 Å². The zero-order valence-electron chi connectivity index (χ0n) is 12.3. The highest BCUT2D eigenvalue weighted by molar-refractivity contribution is 4.68. The molecule has 0 aromatic carbocycles. The summed E-state index contributed by atoms with van der Waals surface area (Å²) in [7, 11) is 0. The van der Waals surface area contributed by atoms with Crippen LogP contribution in [0.5, 0.6) is 0 Å². The Morgan fingerprint density at radius 2 is 1.47 bits per heavy atom. The summed E-state index contributed by atoms with van der Waals surface area (Å²) < 4.78 is 0. The van der Waals surface area contributed by atoms with E-state index in [0.29, 0.717) is 0 Å². The first-order valence-corrected chi connectivity index (χ1v) is 8.36. The molecule has 1 unspecified atom stereocenters. The third-order valence-electron chi connectivity index (χ3n) is 4.68. The number of unbranched alkanes of at least 4 members (excludes halogenated alkanes) is 1. The Bertz CT molecular complexity index is 151. The van der Waals surface area contributed by atoms with Gasteiger partial charge in [0.15, 0.2) is 0 Å². The smallest absolute Gasteiger partial charge is 0.0412 e. The molecule has 0 heterocycles. The highest BCUT2D eigenvalue weighted by atomic mass is 14.2. The molecule has 0 radical (unpaired) electrons. The zero-order chi connectivity index (χ0) is 12.3. The quantitative estimate of drug-likeness (QED) is 0.506. The van der Waals surface area contributed by atoms with Gasteiger partial charge in [-0.2, -0.15) is 0 Å². The molecule has 0 bridgehead atoms. The molecular formula is C17H34. The summed E-state index contributed by atoms with van der Waals surface area (Å²) in [5.41, 5.74) is 0. The van der Waals surface area contributed by atoms with Crippen molar-refractivity contribution in [2.75, 3.05) is 0 Å². The van der Waals surface area contributed by atoms with Crippen molar-refractivity contribution < 1.29 is 0 Å². The van der Waals surface area contributed by atoms with E-state index in [1.165, 1.54) is 83.5 Å². The largest absolute Gasteiger partial charge is 0.0654 e. The lowest BCUT2D eigenvalue weighted by atomic mass is 9.84. The van der Waals surface area contributed by atoms with Crippen LogP contribution in [0.1, 0.15) is 97.3 Å². The normalized spacial score (nSPS) is 21.5. The van der Waals surface area contributed by atoms with Gasteiger partial charge in [-0.15, -0.1) is 0 Å². The second-order valence-electron chi connectivity index (χ2n) is 6.22. The van der Waals surface area contributed by atoms with Crippen LogP contribution in [0, 0.1) is 11.8 Å². The van der Waals surface area contributed by atoms with E-state index in [2.05, 4.69) is 13.8 Å². The highest BCUT2D eigenvalue weighted by Crippen LogP contribution is 2.30. The van der Waals surface area contributed by atoms with E-state index in [9.17, 15) is 0 Å². The molecule has 0 nitrogen and oxygen atoms in total. The van der Waals surface area contributed by atoms with Crippen LogP contribution >= 0.6 is 0 Å². The van der Waals surface area contributed by atoms with Gasteiger partial charge in [0, 0.05) is 0 Å². The molecular weight excluding hydrogens is 204 g/mol. The Morgan fingerprint density at radius 1 is 0.882 bits per heavy atom. The summed E-state index contributed by atoms with van der Waals surface area (Å²) in [6.45, 7) is 4.72. The van der Waals surface area contributed by atoms with E-state index in [0.717, 1.165) is 11.8 Å². The van der Waals surface area contributed by atoms with Gasteiger partial charge < -0.3 is 0 Å². The molecule has 1 aliphatic rings. The number of hydrogen-bond donors (Lipinski definition) is 0. The van der Waals surface area contributed by atoms with Crippen LogP contribution < -0.4 is 0 Å². The molecule has 102 valence electrons. The van der Waals surface area contributed by atoms with Crippen LogP contribution in [0.3, 0.4) is 0 Å². The van der Waals surface area contributed by atoms with Gasteiger partial charge >= 0.3 is 0 Å². The van der Waals surface area contributed by atoms with Gasteiger partial charge in [0.25, 0.3) is 0 Å². The van der Waals surface area contributed by atoms with Crippen LogP contribution in [-0.2, 0) is 0 Å². The van der Waals surface area contributed by atoms with Crippen molar-refractivity contribution in [3.63, 3.8) is 0 Å². The van der Waals surface area contributed by atoms with Crippen molar-refractivity contribution in [2.24, 2.45) is 11.8 Å². The van der Waals surface area contributed by atoms with Gasteiger partial charge in [-0.05, 0) is 18.3 Å². The van der Waals surface area contributed by atoms with E-state index < -0.39 is 0 Å². The van der Waals surface area contributed by atoms with Gasteiger partial charge in [-0.25, -0.2) is 0 Å². The first-order chi connectivity index (χ1) is 8.36. The lowest BCUT2D eigenvalue weighted by molar-refractivity contribution is 0.302. The van der Waals surface area contributed by atoms with Gasteiger partial charge in [-0.1, -0.05) is 90.9 Å². The average molecular weight is 238 g/mol. The lowest BCUT2D eigenvalue weighted by Gasteiger charge is -2.22. The maximum atomic E-state index is 2.40. The maximum Gasteiger partial charge on any atom is -0.0412 e. The van der Waals surface area contributed by atoms with Crippen LogP contribution in [-0.4, -0.2) is 0 Å². The number of hydrogen-bond acceptors (Lipinski definition) is 0. The van der Waals surface area contributed by atoms with Gasteiger partial charge in [0.05, 0.1) is 0 Å². The molecule has 0 aliphatic heterocycles. The summed E-state index contributed by atoms with van der Waals surface area (Å²) in [5.74, 6) is 2.09. The molecule has 0 heteroatoms. The minimum atomic E-state index is 1.03. The Hall–Kier alpha value is 0. The monoisotopic (exact) mass is 238 g/mol. The van der Waals surface area contributed by atoms with Gasteiger partial charge in [-0.3, -0.25) is 0 Å². The van der Waals surface area contributed by atoms with Crippen molar-refractivity contribution in [1.29, 1.82) is 0 Å². The molecule has 0 saturated heterocycles. The summed E-state index contributed by atoms with van der Waals surface area (Å²) >= 11 is 0. The third kappa shape index (κ3) is 7.11. The molecule has 0 aromatic heterocycles. The standard InChI is InChI=1S/C17H34/c1-3-5-12-16(4-2)15-17-13-10-8-6-7-9-11-14-17/h16-17H,3-15H2,1-2H3. The molecule has 1 saturated carbocycles. The predicted octanol–water partition coefficient (Wildman–Crippen LogP) is 6.34. The summed E-state index contributed by atoms with van der Waals surface area (Å²) in [4.78, 5) is 0. The van der Waals surface area contributed by atoms with Crippen LogP contribution in [0.4, 0.5) is 0 Å². The second-order valence-corrected chi connectivity index (χ2v) is 6.22. The number of rotatable bonds is 6. The van der Waals surface area contributed by atoms with Crippen molar-refractivity contribution in [3.05, 3.63) is 0 Å². The minimum absolute atomic E-state index is 1.03. The molecule has 17 heavy (non-hydrogen) atoms. The Balaban J connectivity index is 2.28. The first kappa shape index (κ1) is 15.1. The molecule has 1 atom stereocenters. The van der Waals surface area contributed by atoms with Gasteiger partial charge in [0.2, 0.25) is 0 Å². The fraction of sp³-hybridized carbons (Fsp3) is 1.00. The van der Waals surface area contributed by atoms with Crippen molar-refractivity contribution in [3.8, 4) is 0 Å². The van der Waals surface area contributed by atoms with E-state index in [1.54, 1.807) is 0 Å². The fourth-order valence-electron chi connectivity index (χ4n) is 3.41. The first-order valence-electron chi connectivity index (χ1n) is 8.36. The topological polar surface area (TPSA) is 0 Å². The van der Waals surface area contributed by atoms with Crippen LogP contribution in [0.25, 0.3) is 0 Å². The summed E-state index contributed by atoms with van der Waals surface area (Å²) in [6.07, 6.45) is 19.3. The van der Waals surface area contributed by atoms with E-state index in [4.69, 9.17) is 0 Å². The second kappa shape index (κ2) is 9.97. The lowest BCUT2D eigenvalue weighted by Crippen LogP contribution is -2.09. The average Bonchev–Trinajstić information content (AvgIpc) is 2.48. The molecule has 0 N–H and O–H groups in total. The molecule has 1 aliphatic carbocycles. The Morgan fingerprint density at radius 3 is 2.00 bits per heavy atom. The SMILES string of the molecule is CCCCC(CC)CC1CCCCCCCC1. The fourth-order valence-corrected chi connectivity index (χ4v) is 3.41.